The van der Waals surface area contributed by atoms with Crippen molar-refractivity contribution < 1.29 is 28.7 Å². The Balaban J connectivity index is 1.69. The molecular weight excluding hydrogens is 743 g/mol. The van der Waals surface area contributed by atoms with Gasteiger partial charge in [0.1, 0.15) is 5.01 Å². The molecule has 3 N–H and O–H groups in total. The maximum absolute atomic E-state index is 14.2. The second kappa shape index (κ2) is 24.5. The highest BCUT2D eigenvalue weighted by atomic mass is 32.1. The Hall–Kier alpha value is -3.43. The molecule has 2 heterocycles. The molecule has 4 amide bonds. The first kappa shape index (κ1) is 47.9. The zero-order valence-electron chi connectivity index (χ0n) is 36.2. The van der Waals surface area contributed by atoms with Crippen molar-refractivity contribution >= 4 is 35.0 Å². The highest BCUT2D eigenvalue weighted by Crippen LogP contribution is 2.30. The molecule has 14 heteroatoms. The van der Waals surface area contributed by atoms with Gasteiger partial charge in [-0.1, -0.05) is 71.4 Å². The van der Waals surface area contributed by atoms with Crippen molar-refractivity contribution in [1.29, 1.82) is 0 Å². The van der Waals surface area contributed by atoms with E-state index >= 15 is 0 Å². The molecule has 0 aliphatic carbocycles. The third-order valence-corrected chi connectivity index (χ3v) is 12.5. The smallest absolute Gasteiger partial charge is 0.242 e. The van der Waals surface area contributed by atoms with Crippen LogP contribution in [0.1, 0.15) is 89.8 Å². The van der Waals surface area contributed by atoms with Crippen LogP contribution in [0.4, 0.5) is 0 Å². The van der Waals surface area contributed by atoms with Gasteiger partial charge < -0.3 is 35.2 Å². The minimum absolute atomic E-state index is 0.00559. The van der Waals surface area contributed by atoms with Gasteiger partial charge in [-0.25, -0.2) is 4.98 Å². The van der Waals surface area contributed by atoms with Gasteiger partial charge in [0.05, 0.1) is 55.3 Å². The normalized spacial score (nSPS) is 18.1. The largest absolute Gasteiger partial charge is 0.379 e. The molecule has 1 saturated heterocycles. The van der Waals surface area contributed by atoms with Gasteiger partial charge in [-0.2, -0.15) is 0 Å². The standard InChI is InChI=1S/C43H71N7O6S/c1-11-30(4)39(49(8)37(52)28-46-42(54)38(29(2)3)48(7)23-16-15-21-44-6)35(55-9)27-36(51)50-24-17-20-34(50)40(56-10)31(5)41(53)47-33(43-45-22-25-57-43)26-32-18-13-12-14-19-32/h12-14,18-19,22,25,29-31,33-35,38-40,44H,11,15-17,20-21,23-24,26-28H2,1-10H3,(H,46,54)(H,47,53). The fraction of sp³-hybridized carbons (Fsp3) is 0.698. The van der Waals surface area contributed by atoms with Gasteiger partial charge in [0.25, 0.3) is 0 Å². The van der Waals surface area contributed by atoms with Crippen LogP contribution in [0, 0.1) is 17.8 Å². The summed E-state index contributed by atoms with van der Waals surface area (Å²) < 4.78 is 12.0. The summed E-state index contributed by atoms with van der Waals surface area (Å²) in [4.78, 5) is 65.3. The lowest BCUT2D eigenvalue weighted by molar-refractivity contribution is -0.146. The molecule has 2 aromatic rings. The lowest BCUT2D eigenvalue weighted by atomic mass is 9.90. The van der Waals surface area contributed by atoms with E-state index in [-0.39, 0.29) is 66.6 Å². The summed E-state index contributed by atoms with van der Waals surface area (Å²) >= 11 is 1.51. The van der Waals surface area contributed by atoms with Gasteiger partial charge >= 0.3 is 0 Å². The number of likely N-dealkylation sites (tertiary alicyclic amines) is 1. The molecular formula is C43H71N7O6S. The van der Waals surface area contributed by atoms with E-state index in [0.29, 0.717) is 19.4 Å². The van der Waals surface area contributed by atoms with E-state index in [9.17, 15) is 19.2 Å². The van der Waals surface area contributed by atoms with E-state index in [2.05, 4.69) is 39.7 Å². The Morgan fingerprint density at radius 2 is 1.74 bits per heavy atom. The van der Waals surface area contributed by atoms with Crippen LogP contribution in [0.2, 0.25) is 0 Å². The third kappa shape index (κ3) is 13.8. The summed E-state index contributed by atoms with van der Waals surface area (Å²) in [5.74, 6) is -1.17. The molecule has 1 aliphatic rings. The number of rotatable bonds is 25. The Labute approximate surface area is 346 Å². The number of hydrogen-bond acceptors (Lipinski definition) is 10. The number of nitrogens with one attached hydrogen (secondary N) is 3. The Kier molecular flexibility index (Phi) is 20.6. The SMILES string of the molecule is CCC(C)C(C(CC(=O)N1CCCC1C(OC)C(C)C(=O)NC(Cc1ccccc1)c1nccs1)OC)N(C)C(=O)CNC(=O)C(C(C)C)N(C)CCCCNC. The van der Waals surface area contributed by atoms with Gasteiger partial charge in [-0.05, 0) is 76.7 Å². The molecule has 1 aliphatic heterocycles. The molecule has 0 saturated carbocycles. The zero-order chi connectivity index (χ0) is 42.1. The summed E-state index contributed by atoms with van der Waals surface area (Å²) in [6, 6.07) is 8.63. The number of carbonyl (C=O) groups excluding carboxylic acids is 4. The van der Waals surface area contributed by atoms with Crippen molar-refractivity contribution in [3.05, 3.63) is 52.5 Å². The molecule has 0 bridgehead atoms. The number of nitrogens with zero attached hydrogens (tertiary/aromatic N) is 4. The average Bonchev–Trinajstić information content (AvgIpc) is 3.92. The first-order valence-electron chi connectivity index (χ1n) is 20.8. The maximum Gasteiger partial charge on any atom is 0.242 e. The van der Waals surface area contributed by atoms with Crippen LogP contribution in [0.3, 0.4) is 0 Å². The van der Waals surface area contributed by atoms with Gasteiger partial charge in [-0.3, -0.25) is 24.1 Å². The van der Waals surface area contributed by atoms with E-state index in [1.807, 2.05) is 75.5 Å². The van der Waals surface area contributed by atoms with Crippen molar-refractivity contribution in [2.45, 2.75) is 116 Å². The highest BCUT2D eigenvalue weighted by Gasteiger charge is 2.42. The van der Waals surface area contributed by atoms with Crippen molar-refractivity contribution in [2.75, 3.05) is 61.5 Å². The molecule has 320 valence electrons. The summed E-state index contributed by atoms with van der Waals surface area (Å²) in [7, 11) is 8.79. The van der Waals surface area contributed by atoms with E-state index < -0.39 is 24.2 Å². The second-order valence-corrected chi connectivity index (χ2v) is 16.9. The molecule has 57 heavy (non-hydrogen) atoms. The van der Waals surface area contributed by atoms with Gasteiger partial charge in [0.15, 0.2) is 0 Å². The Bertz CT molecular complexity index is 1500. The quantitative estimate of drug-likeness (QED) is 0.123. The number of thiazole rings is 1. The molecule has 1 fully saturated rings. The number of hydrogen-bond donors (Lipinski definition) is 3. The molecule has 0 radical (unpaired) electrons. The van der Waals surface area contributed by atoms with Crippen LogP contribution in [-0.2, 0) is 35.1 Å². The van der Waals surface area contributed by atoms with E-state index in [1.165, 1.54) is 11.3 Å². The van der Waals surface area contributed by atoms with Gasteiger partial charge in [0, 0.05) is 39.4 Å². The van der Waals surface area contributed by atoms with Crippen molar-refractivity contribution in [2.24, 2.45) is 17.8 Å². The molecule has 8 unspecified atom stereocenters. The summed E-state index contributed by atoms with van der Waals surface area (Å²) in [5.41, 5.74) is 1.09. The fourth-order valence-electron chi connectivity index (χ4n) is 8.29. The predicted molar refractivity (Wildman–Crippen MR) is 227 cm³/mol. The number of aromatic nitrogens is 1. The topological polar surface area (TPSA) is 145 Å². The van der Waals surface area contributed by atoms with Crippen LogP contribution in [0.5, 0.6) is 0 Å². The highest BCUT2D eigenvalue weighted by molar-refractivity contribution is 7.09. The lowest BCUT2D eigenvalue weighted by Gasteiger charge is -2.39. The number of unbranched alkanes of at least 4 members (excludes halogenated alkanes) is 1. The van der Waals surface area contributed by atoms with Crippen molar-refractivity contribution in [1.82, 2.24) is 35.6 Å². The minimum atomic E-state index is -0.593. The lowest BCUT2D eigenvalue weighted by Crippen LogP contribution is -2.55. The predicted octanol–water partition coefficient (Wildman–Crippen LogP) is 4.54. The fourth-order valence-corrected chi connectivity index (χ4v) is 8.98. The van der Waals surface area contributed by atoms with Crippen LogP contribution in [0.15, 0.2) is 41.9 Å². The number of ether oxygens (including phenoxy) is 2. The zero-order valence-corrected chi connectivity index (χ0v) is 37.0. The maximum atomic E-state index is 14.2. The molecule has 1 aromatic carbocycles. The van der Waals surface area contributed by atoms with Crippen LogP contribution >= 0.6 is 11.3 Å². The number of amides is 4. The molecule has 1 aromatic heterocycles. The summed E-state index contributed by atoms with van der Waals surface area (Å²) in [6.45, 7) is 12.1. The van der Waals surface area contributed by atoms with E-state index in [0.717, 1.165) is 49.3 Å². The van der Waals surface area contributed by atoms with Crippen LogP contribution in [-0.4, -0.2) is 135 Å². The van der Waals surface area contributed by atoms with Gasteiger partial charge in [-0.15, -0.1) is 11.3 Å². The number of benzene rings is 1. The van der Waals surface area contributed by atoms with Crippen LogP contribution < -0.4 is 16.0 Å². The van der Waals surface area contributed by atoms with Crippen LogP contribution in [0.25, 0.3) is 0 Å². The molecule has 3 rings (SSSR count). The van der Waals surface area contributed by atoms with E-state index in [1.54, 1.807) is 32.4 Å². The first-order valence-corrected chi connectivity index (χ1v) is 21.6. The first-order chi connectivity index (χ1) is 27.3. The third-order valence-electron chi connectivity index (χ3n) is 11.6. The monoisotopic (exact) mass is 814 g/mol. The van der Waals surface area contributed by atoms with Gasteiger partial charge in [0.2, 0.25) is 23.6 Å². The minimum Gasteiger partial charge on any atom is -0.379 e. The Morgan fingerprint density at radius 1 is 1.02 bits per heavy atom. The average molecular weight is 814 g/mol. The number of carbonyl (C=O) groups is 4. The number of methoxy groups -OCH3 is 2. The van der Waals surface area contributed by atoms with Crippen molar-refractivity contribution in [3.8, 4) is 0 Å². The van der Waals surface area contributed by atoms with Crippen molar-refractivity contribution in [3.63, 3.8) is 0 Å². The van der Waals surface area contributed by atoms with E-state index in [4.69, 9.17) is 9.47 Å². The second-order valence-electron chi connectivity index (χ2n) is 16.0. The molecule has 0 spiro atoms. The molecule has 13 nitrogen and oxygen atoms in total. The summed E-state index contributed by atoms with van der Waals surface area (Å²) in [6.07, 6.45) is 5.50. The summed E-state index contributed by atoms with van der Waals surface area (Å²) in [5, 5.41) is 12.0. The molecule has 8 atom stereocenters. The number of likely N-dealkylation sites (N-methyl/N-ethyl adjacent to an activating group) is 2. The Morgan fingerprint density at radius 3 is 2.33 bits per heavy atom.